The van der Waals surface area contributed by atoms with Gasteiger partial charge in [0, 0.05) is 26.7 Å². The number of ether oxygens (including phenoxy) is 1. The van der Waals surface area contributed by atoms with E-state index in [1.54, 1.807) is 17.4 Å². The van der Waals surface area contributed by atoms with Crippen LogP contribution in [0, 0.1) is 0 Å². The monoisotopic (exact) mass is 443 g/mol. The van der Waals surface area contributed by atoms with Crippen molar-refractivity contribution in [1.29, 1.82) is 0 Å². The van der Waals surface area contributed by atoms with E-state index in [0.29, 0.717) is 18.2 Å². The number of rotatable bonds is 8. The maximum absolute atomic E-state index is 9.79. The molecule has 1 saturated carbocycles. The van der Waals surface area contributed by atoms with E-state index in [9.17, 15) is 5.11 Å². The third-order valence-electron chi connectivity index (χ3n) is 5.37. The van der Waals surface area contributed by atoms with Gasteiger partial charge >= 0.3 is 0 Å². The Labute approximate surface area is 182 Å². The van der Waals surface area contributed by atoms with Crippen molar-refractivity contribution in [2.75, 3.05) is 18.2 Å². The second kappa shape index (κ2) is 8.95. The third kappa shape index (κ3) is 5.14. The summed E-state index contributed by atoms with van der Waals surface area (Å²) < 4.78 is 6.05. The second-order valence-corrected chi connectivity index (χ2v) is 15.7. The van der Waals surface area contributed by atoms with E-state index in [0.717, 1.165) is 34.1 Å². The highest BCUT2D eigenvalue weighted by atomic mass is 32.1. The van der Waals surface area contributed by atoms with Crippen LogP contribution < -0.4 is 4.90 Å². The van der Waals surface area contributed by atoms with Gasteiger partial charge in [0.1, 0.15) is 23.3 Å². The smallest absolute Gasteiger partial charge is 0.215 e. The van der Waals surface area contributed by atoms with Crippen LogP contribution in [0.3, 0.4) is 0 Å². The fourth-order valence-electron chi connectivity index (χ4n) is 3.56. The molecule has 0 aliphatic heterocycles. The van der Waals surface area contributed by atoms with E-state index < -0.39 is 8.07 Å². The van der Waals surface area contributed by atoms with Crippen LogP contribution in [-0.4, -0.2) is 46.7 Å². The van der Waals surface area contributed by atoms with Gasteiger partial charge in [-0.15, -0.1) is 10.2 Å². The number of fused-ring (bicyclic) bond motifs is 1. The van der Waals surface area contributed by atoms with Gasteiger partial charge in [0.2, 0.25) is 5.13 Å². The Kier molecular flexibility index (Phi) is 6.31. The van der Waals surface area contributed by atoms with Crippen molar-refractivity contribution in [3.8, 4) is 5.75 Å². The van der Waals surface area contributed by atoms with Gasteiger partial charge in [-0.25, -0.2) is 4.98 Å². The molecule has 0 bridgehead atoms. The van der Waals surface area contributed by atoms with Crippen LogP contribution in [0.15, 0.2) is 24.4 Å². The van der Waals surface area contributed by atoms with Gasteiger partial charge in [-0.1, -0.05) is 43.8 Å². The van der Waals surface area contributed by atoms with Crippen molar-refractivity contribution >= 4 is 41.4 Å². The first-order valence-electron chi connectivity index (χ1n) is 10.5. The van der Waals surface area contributed by atoms with Crippen molar-refractivity contribution in [3.63, 3.8) is 0 Å². The number of anilines is 2. The summed E-state index contributed by atoms with van der Waals surface area (Å²) in [5, 5.41) is 20.7. The van der Waals surface area contributed by atoms with Gasteiger partial charge in [-0.05, 0) is 31.0 Å². The predicted molar refractivity (Wildman–Crippen MR) is 123 cm³/mol. The molecule has 0 unspecified atom stereocenters. The minimum Gasteiger partial charge on any atom is -0.506 e. The maximum atomic E-state index is 9.79. The van der Waals surface area contributed by atoms with Crippen LogP contribution in [0.25, 0.3) is 11.0 Å². The molecule has 0 radical (unpaired) electrons. The number of aromatic nitrogens is 4. The van der Waals surface area contributed by atoms with E-state index in [-0.39, 0.29) is 5.75 Å². The summed E-state index contributed by atoms with van der Waals surface area (Å²) in [6.07, 6.45) is 6.36. The minimum atomic E-state index is -1.16. The van der Waals surface area contributed by atoms with E-state index >= 15 is 0 Å². The summed E-state index contributed by atoms with van der Waals surface area (Å²) in [5.41, 5.74) is 1.38. The number of nitrogens with zero attached hydrogens (tertiary/aromatic N) is 5. The Morgan fingerprint density at radius 2 is 1.97 bits per heavy atom. The second-order valence-electron chi connectivity index (χ2n) is 9.08. The average Bonchev–Trinajstić information content (AvgIpc) is 3.38. The Morgan fingerprint density at radius 3 is 2.73 bits per heavy atom. The third-order valence-corrected chi connectivity index (χ3v) is 8.18. The van der Waals surface area contributed by atoms with Gasteiger partial charge < -0.3 is 9.84 Å². The molecule has 4 rings (SSSR count). The topological polar surface area (TPSA) is 84.3 Å². The molecule has 3 aromatic heterocycles. The molecule has 9 heteroatoms. The van der Waals surface area contributed by atoms with Gasteiger partial charge in [0.05, 0.1) is 17.2 Å². The van der Waals surface area contributed by atoms with Crippen LogP contribution >= 0.6 is 11.3 Å². The first-order chi connectivity index (χ1) is 14.4. The summed E-state index contributed by atoms with van der Waals surface area (Å²) in [5.74, 6) is 1.35. The summed E-state index contributed by atoms with van der Waals surface area (Å²) in [7, 11) is -1.16. The standard InChI is InChI=1S/C21H29N5O2SSi/c1-30(2,3)11-10-28-14-26(21-25-24-20(29-21)15-6-4-5-7-15)19-9-8-17-18(23-19)12-16(27)13-22-17/h8-9,12-13,15,27H,4-7,10-11,14H2,1-3H3. The van der Waals surface area contributed by atoms with Crippen LogP contribution in [0.4, 0.5) is 10.9 Å². The Hall–Kier alpha value is -2.10. The van der Waals surface area contributed by atoms with Gasteiger partial charge in [-0.2, -0.15) is 0 Å². The molecule has 0 amide bonds. The van der Waals surface area contributed by atoms with Crippen LogP contribution in [0.2, 0.25) is 25.7 Å². The average molecular weight is 444 g/mol. The van der Waals surface area contributed by atoms with Gasteiger partial charge in [-0.3, -0.25) is 9.88 Å². The largest absolute Gasteiger partial charge is 0.506 e. The summed E-state index contributed by atoms with van der Waals surface area (Å²) in [4.78, 5) is 10.9. The van der Waals surface area contributed by atoms with Crippen LogP contribution in [-0.2, 0) is 4.74 Å². The SMILES string of the molecule is C[Si](C)(C)CCOCN(c1ccc2ncc(O)cc2n1)c1nnc(C2CCCC2)s1. The fourth-order valence-corrected chi connectivity index (χ4v) is 5.33. The van der Waals surface area contributed by atoms with E-state index in [1.807, 2.05) is 17.0 Å². The lowest BCUT2D eigenvalue weighted by molar-refractivity contribution is 0.153. The highest BCUT2D eigenvalue weighted by molar-refractivity contribution is 7.15. The maximum Gasteiger partial charge on any atom is 0.215 e. The quantitative estimate of drug-likeness (QED) is 0.287. The first kappa shape index (κ1) is 21.1. The van der Waals surface area contributed by atoms with Gasteiger partial charge in [0.15, 0.2) is 0 Å². The van der Waals surface area contributed by atoms with E-state index in [4.69, 9.17) is 9.72 Å². The molecule has 0 spiro atoms. The first-order valence-corrected chi connectivity index (χ1v) is 15.1. The molecule has 30 heavy (non-hydrogen) atoms. The lowest BCUT2D eigenvalue weighted by Crippen LogP contribution is -2.26. The van der Waals surface area contributed by atoms with Crippen LogP contribution in [0.1, 0.15) is 36.6 Å². The lowest BCUT2D eigenvalue weighted by Gasteiger charge is -2.22. The summed E-state index contributed by atoms with van der Waals surface area (Å²) in [6.45, 7) is 8.12. The molecule has 7 nitrogen and oxygen atoms in total. The Balaban J connectivity index is 1.59. The van der Waals surface area contributed by atoms with Crippen molar-refractivity contribution in [2.24, 2.45) is 0 Å². The number of hydrogen-bond acceptors (Lipinski definition) is 8. The zero-order valence-electron chi connectivity index (χ0n) is 17.8. The van der Waals surface area contributed by atoms with Crippen LogP contribution in [0.5, 0.6) is 5.75 Å². The molecule has 0 atom stereocenters. The fraction of sp³-hybridized carbons (Fsp3) is 0.524. The number of hydrogen-bond donors (Lipinski definition) is 1. The summed E-state index contributed by atoms with van der Waals surface area (Å²) in [6, 6.07) is 6.56. The molecule has 0 saturated heterocycles. The zero-order chi connectivity index (χ0) is 21.1. The van der Waals surface area contributed by atoms with Crippen molar-refractivity contribution < 1.29 is 9.84 Å². The lowest BCUT2D eigenvalue weighted by atomic mass is 10.1. The molecular formula is C21H29N5O2SSi. The molecular weight excluding hydrogens is 414 g/mol. The number of aromatic hydroxyl groups is 1. The molecule has 0 aromatic carbocycles. The summed E-state index contributed by atoms with van der Waals surface area (Å²) >= 11 is 1.63. The normalized spacial score (nSPS) is 15.2. The molecule has 3 aromatic rings. The van der Waals surface area contributed by atoms with Gasteiger partial charge in [0.25, 0.3) is 0 Å². The highest BCUT2D eigenvalue weighted by Crippen LogP contribution is 2.38. The molecule has 1 aliphatic carbocycles. The van der Waals surface area contributed by atoms with E-state index in [2.05, 4.69) is 34.8 Å². The van der Waals surface area contributed by atoms with Crippen molar-refractivity contribution in [2.45, 2.75) is 57.3 Å². The highest BCUT2D eigenvalue weighted by Gasteiger charge is 2.24. The molecule has 1 N–H and O–H groups in total. The van der Waals surface area contributed by atoms with E-state index in [1.165, 1.54) is 31.9 Å². The van der Waals surface area contributed by atoms with Crippen molar-refractivity contribution in [3.05, 3.63) is 29.4 Å². The molecule has 3 heterocycles. The number of pyridine rings is 2. The molecule has 1 aliphatic rings. The Morgan fingerprint density at radius 1 is 1.17 bits per heavy atom. The zero-order valence-corrected chi connectivity index (χ0v) is 19.7. The molecule has 160 valence electrons. The van der Waals surface area contributed by atoms with Crippen molar-refractivity contribution in [1.82, 2.24) is 20.2 Å². The molecule has 1 fully saturated rings. The minimum absolute atomic E-state index is 0.101. The Bertz CT molecular complexity index is 1000. The predicted octanol–water partition coefficient (Wildman–Crippen LogP) is 5.29.